The molecule has 0 saturated heterocycles. The maximum absolute atomic E-state index is 13.6. The number of aliphatic imine (C=N–C) groups is 1. The molecule has 6 atom stereocenters. The molecule has 274 valence electrons. The lowest BCUT2D eigenvalue weighted by Gasteiger charge is -2.28. The fourth-order valence-corrected chi connectivity index (χ4v) is 4.75. The second kappa shape index (κ2) is 21.1. The van der Waals surface area contributed by atoms with Gasteiger partial charge < -0.3 is 53.8 Å². The smallest absolute Gasteiger partial charge is 0.326 e. The van der Waals surface area contributed by atoms with Crippen LogP contribution in [0.15, 0.2) is 29.3 Å². The molecule has 0 aromatic heterocycles. The van der Waals surface area contributed by atoms with Crippen molar-refractivity contribution in [1.82, 2.24) is 21.3 Å². The maximum atomic E-state index is 13.6. The molecular weight excluding hydrogens is 640 g/mol. The van der Waals surface area contributed by atoms with Crippen molar-refractivity contribution in [3.05, 3.63) is 29.8 Å². The van der Waals surface area contributed by atoms with E-state index < -0.39 is 78.1 Å². The first-order valence-electron chi connectivity index (χ1n) is 16.2. The Balaban J connectivity index is 3.22. The van der Waals surface area contributed by atoms with E-state index in [0.29, 0.717) is 12.0 Å². The van der Waals surface area contributed by atoms with Gasteiger partial charge in [0.1, 0.15) is 29.9 Å². The van der Waals surface area contributed by atoms with E-state index in [1.54, 1.807) is 39.8 Å². The number of amides is 4. The molecule has 1 aromatic rings. The zero-order chi connectivity index (χ0) is 37.3. The molecule has 0 bridgehead atoms. The van der Waals surface area contributed by atoms with Gasteiger partial charge in [0.05, 0.1) is 6.04 Å². The predicted octanol–water partition coefficient (Wildman–Crippen LogP) is -0.704. The third-order valence-electron chi connectivity index (χ3n) is 7.70. The fraction of sp³-hybridized carbons (Fsp3) is 0.594. The molecule has 0 unspecified atom stereocenters. The lowest BCUT2D eigenvalue weighted by Crippen LogP contribution is -2.59. The van der Waals surface area contributed by atoms with Crippen molar-refractivity contribution >= 4 is 41.5 Å². The Morgan fingerprint density at radius 2 is 1.35 bits per heavy atom. The largest absolute Gasteiger partial charge is 0.508 e. The van der Waals surface area contributed by atoms with Crippen LogP contribution < -0.4 is 38.5 Å². The van der Waals surface area contributed by atoms with Crippen LogP contribution in [0, 0.1) is 11.8 Å². The number of hydrogen-bond donors (Lipinski definition) is 10. The van der Waals surface area contributed by atoms with E-state index in [4.69, 9.17) is 17.2 Å². The van der Waals surface area contributed by atoms with Crippen molar-refractivity contribution in [3.63, 3.8) is 0 Å². The van der Waals surface area contributed by atoms with Gasteiger partial charge in [-0.25, -0.2) is 4.79 Å². The molecule has 0 aliphatic heterocycles. The zero-order valence-corrected chi connectivity index (χ0v) is 28.5. The van der Waals surface area contributed by atoms with Gasteiger partial charge in [0.2, 0.25) is 23.6 Å². The summed E-state index contributed by atoms with van der Waals surface area (Å²) in [5, 5.41) is 38.6. The topological polar surface area (TPSA) is 302 Å². The Kier molecular flexibility index (Phi) is 18.1. The average Bonchev–Trinajstić information content (AvgIpc) is 3.02. The number of hydrogen-bond acceptors (Lipinski definition) is 9. The highest BCUT2D eigenvalue weighted by Gasteiger charge is 2.33. The standard InChI is InChI=1S/C32H52N8O9/c1-5-18(4)26(40-27(44)21(33)16-19-8-10-20(41)11-9-19)30(47)38-23(12-13-25(42)43)29(46)37-22(7-6-14-36-32(34)35)28(45)39-24(31(48)49)15-17(2)3/h8-11,17-18,21-24,26,41H,5-7,12-16,33H2,1-4H3,(H,37,46)(H,38,47)(H,39,45)(H,40,44)(H,42,43)(H,48,49)(H4,34,35,36)/t18-,21-,22-,23-,24-,26-/m0/s1. The van der Waals surface area contributed by atoms with E-state index in [1.165, 1.54) is 12.1 Å². The van der Waals surface area contributed by atoms with Crippen LogP contribution in [0.5, 0.6) is 5.75 Å². The van der Waals surface area contributed by atoms with E-state index in [0.717, 1.165) is 0 Å². The summed E-state index contributed by atoms with van der Waals surface area (Å²) in [6, 6.07) is -0.0841. The molecule has 0 saturated carbocycles. The molecule has 49 heavy (non-hydrogen) atoms. The quantitative estimate of drug-likeness (QED) is 0.0410. The predicted molar refractivity (Wildman–Crippen MR) is 181 cm³/mol. The first-order valence-corrected chi connectivity index (χ1v) is 16.2. The number of nitrogens with two attached hydrogens (primary N) is 3. The van der Waals surface area contributed by atoms with E-state index in [-0.39, 0.29) is 56.3 Å². The van der Waals surface area contributed by atoms with Crippen LogP contribution in [0.1, 0.15) is 71.8 Å². The Morgan fingerprint density at radius 1 is 0.796 bits per heavy atom. The van der Waals surface area contributed by atoms with Gasteiger partial charge >= 0.3 is 11.9 Å². The van der Waals surface area contributed by atoms with Gasteiger partial charge in [0.15, 0.2) is 5.96 Å². The number of carboxylic acids is 2. The van der Waals surface area contributed by atoms with Crippen molar-refractivity contribution in [3.8, 4) is 5.75 Å². The molecule has 17 heteroatoms. The van der Waals surface area contributed by atoms with Gasteiger partial charge in [-0.05, 0) is 61.6 Å². The second-order valence-corrected chi connectivity index (χ2v) is 12.4. The van der Waals surface area contributed by atoms with Crippen molar-refractivity contribution in [2.24, 2.45) is 34.0 Å². The highest BCUT2D eigenvalue weighted by Crippen LogP contribution is 2.13. The third-order valence-corrected chi connectivity index (χ3v) is 7.70. The van der Waals surface area contributed by atoms with Gasteiger partial charge in [-0.3, -0.25) is 29.0 Å². The number of nitrogens with one attached hydrogen (secondary N) is 4. The van der Waals surface area contributed by atoms with Gasteiger partial charge in [0.25, 0.3) is 0 Å². The van der Waals surface area contributed by atoms with E-state index >= 15 is 0 Å². The highest BCUT2D eigenvalue weighted by atomic mass is 16.4. The summed E-state index contributed by atoms with van der Waals surface area (Å²) in [7, 11) is 0. The van der Waals surface area contributed by atoms with Crippen LogP contribution in [-0.4, -0.2) is 93.6 Å². The van der Waals surface area contributed by atoms with Crippen LogP contribution in [0.3, 0.4) is 0 Å². The molecular formula is C32H52N8O9. The summed E-state index contributed by atoms with van der Waals surface area (Å²) in [5.41, 5.74) is 17.5. The number of phenolic OH excluding ortho intramolecular Hbond substituents is 1. The molecule has 0 aliphatic rings. The van der Waals surface area contributed by atoms with Crippen LogP contribution in [0.2, 0.25) is 0 Å². The number of aliphatic carboxylic acids is 2. The number of nitrogens with zero attached hydrogens (tertiary/aromatic N) is 1. The third kappa shape index (κ3) is 16.1. The van der Waals surface area contributed by atoms with Crippen molar-refractivity contribution < 1.29 is 44.1 Å². The molecule has 0 aliphatic carbocycles. The summed E-state index contributed by atoms with van der Waals surface area (Å²) >= 11 is 0. The Labute approximate surface area is 285 Å². The maximum Gasteiger partial charge on any atom is 0.326 e. The number of carboxylic acid groups (broad SMARTS) is 2. The molecule has 13 N–H and O–H groups in total. The normalized spacial score (nSPS) is 14.7. The summed E-state index contributed by atoms with van der Waals surface area (Å²) in [5.74, 6) is -6.28. The second-order valence-electron chi connectivity index (χ2n) is 12.4. The minimum Gasteiger partial charge on any atom is -0.508 e. The van der Waals surface area contributed by atoms with Crippen molar-refractivity contribution in [1.29, 1.82) is 0 Å². The van der Waals surface area contributed by atoms with Crippen molar-refractivity contribution in [2.75, 3.05) is 6.54 Å². The monoisotopic (exact) mass is 692 g/mol. The Hall–Kier alpha value is -4.93. The fourth-order valence-electron chi connectivity index (χ4n) is 4.75. The number of rotatable bonds is 22. The average molecular weight is 693 g/mol. The van der Waals surface area contributed by atoms with Crippen LogP contribution in [-0.2, 0) is 35.2 Å². The number of carbonyl (C=O) groups excluding carboxylic acids is 4. The van der Waals surface area contributed by atoms with Gasteiger partial charge in [-0.1, -0.05) is 46.2 Å². The van der Waals surface area contributed by atoms with Crippen molar-refractivity contribution in [2.45, 2.75) is 103 Å². The lowest BCUT2D eigenvalue weighted by atomic mass is 9.96. The molecule has 0 fully saturated rings. The first kappa shape index (κ1) is 42.1. The zero-order valence-electron chi connectivity index (χ0n) is 28.5. The minimum atomic E-state index is -1.45. The Morgan fingerprint density at radius 3 is 1.86 bits per heavy atom. The molecule has 17 nitrogen and oxygen atoms in total. The number of guanidine groups is 1. The molecule has 0 radical (unpaired) electrons. The molecule has 0 heterocycles. The van der Waals surface area contributed by atoms with Gasteiger partial charge in [-0.2, -0.15) is 0 Å². The number of aromatic hydroxyl groups is 1. The summed E-state index contributed by atoms with van der Waals surface area (Å²) in [6.07, 6.45) is -0.0273. The van der Waals surface area contributed by atoms with Crippen LogP contribution >= 0.6 is 0 Å². The van der Waals surface area contributed by atoms with Gasteiger partial charge in [-0.15, -0.1) is 0 Å². The summed E-state index contributed by atoms with van der Waals surface area (Å²) in [4.78, 5) is 80.5. The lowest BCUT2D eigenvalue weighted by molar-refractivity contribution is -0.142. The van der Waals surface area contributed by atoms with E-state index in [2.05, 4.69) is 26.3 Å². The van der Waals surface area contributed by atoms with Gasteiger partial charge in [0, 0.05) is 13.0 Å². The summed E-state index contributed by atoms with van der Waals surface area (Å²) in [6.45, 7) is 7.16. The number of benzene rings is 1. The first-order chi connectivity index (χ1) is 22.9. The Bertz CT molecular complexity index is 1300. The molecule has 0 spiro atoms. The SMILES string of the molecule is CC[C@H](C)[C@H](NC(=O)[C@@H](N)Cc1ccc(O)cc1)C(=O)N[C@@H](CCC(=O)O)C(=O)N[C@@H](CCCN=C(N)N)C(=O)N[C@@H](CC(C)C)C(=O)O. The molecule has 1 rings (SSSR count). The number of phenols is 1. The van der Waals surface area contributed by atoms with Crippen LogP contribution in [0.4, 0.5) is 0 Å². The minimum absolute atomic E-state index is 0.0214. The molecule has 4 amide bonds. The molecule has 1 aromatic carbocycles. The van der Waals surface area contributed by atoms with E-state index in [1.807, 2.05) is 0 Å². The highest BCUT2D eigenvalue weighted by molar-refractivity contribution is 5.95. The van der Waals surface area contributed by atoms with Crippen LogP contribution in [0.25, 0.3) is 0 Å². The number of carbonyl (C=O) groups is 6. The van der Waals surface area contributed by atoms with E-state index in [9.17, 15) is 44.1 Å². The summed E-state index contributed by atoms with van der Waals surface area (Å²) < 4.78 is 0.